The second-order valence-electron chi connectivity index (χ2n) is 0.258. The molecule has 0 aromatic heterocycles. The number of nitrogens with zero attached hydrogens (tertiary/aromatic N) is 2. The third kappa shape index (κ3) is 8550. The SMILES string of the molecule is [B]C#N.[B]C#N.[H-].[Na+]. The van der Waals surface area contributed by atoms with Crippen molar-refractivity contribution in [3.05, 3.63) is 0 Å². The monoisotopic (exact) mass is 98.0 g/mol. The van der Waals surface area contributed by atoms with Crippen LogP contribution < -0.4 is 29.6 Å². The Morgan fingerprint density at radius 1 is 1.14 bits per heavy atom. The maximum Gasteiger partial charge on any atom is 1.00 e. The molecule has 0 rings (SSSR count). The molecular formula is C2HB2N2Na. The molecule has 26 valence electrons. The Kier molecular flexibility index (Phi) is 80.4. The van der Waals surface area contributed by atoms with E-state index in [0.29, 0.717) is 0 Å². The molecule has 0 amide bonds. The van der Waals surface area contributed by atoms with Crippen molar-refractivity contribution >= 4 is 15.7 Å². The van der Waals surface area contributed by atoms with Crippen LogP contribution in [0.1, 0.15) is 1.43 Å². The largest absolute Gasteiger partial charge is 1.00 e. The summed E-state index contributed by atoms with van der Waals surface area (Å²) in [6, 6.07) is 0. The Balaban J connectivity index is -0.0000000160. The van der Waals surface area contributed by atoms with Crippen LogP contribution in [0.4, 0.5) is 0 Å². The minimum absolute atomic E-state index is 0. The molecule has 0 saturated heterocycles. The molecule has 5 heteroatoms. The number of hydrogen-bond acceptors (Lipinski definition) is 2. The van der Waals surface area contributed by atoms with Gasteiger partial charge in [-0.3, -0.25) is 0 Å². The van der Waals surface area contributed by atoms with Gasteiger partial charge in [0.25, 0.3) is 0 Å². The maximum absolute atomic E-state index is 7.10. The van der Waals surface area contributed by atoms with Gasteiger partial charge >= 0.3 is 29.6 Å². The molecule has 2 nitrogen and oxygen atoms in total. The molecular weight excluding hydrogens is 96.6 g/mol. The van der Waals surface area contributed by atoms with E-state index >= 15 is 0 Å². The summed E-state index contributed by atoms with van der Waals surface area (Å²) in [6.45, 7) is 0. The smallest absolute Gasteiger partial charge is 1.00 e. The summed E-state index contributed by atoms with van der Waals surface area (Å²) in [5.74, 6) is 2.50. The van der Waals surface area contributed by atoms with Crippen LogP contribution >= 0.6 is 0 Å². The first-order valence-corrected chi connectivity index (χ1v) is 1.02. The summed E-state index contributed by atoms with van der Waals surface area (Å²) in [6.07, 6.45) is 0. The normalized spacial score (nSPS) is 2.00. The first-order chi connectivity index (χ1) is 2.83. The van der Waals surface area contributed by atoms with Crippen LogP contribution in [0.25, 0.3) is 0 Å². The average Bonchev–Trinajstić information content (AvgIpc) is 1.39. The van der Waals surface area contributed by atoms with Crippen molar-refractivity contribution in [2.45, 2.75) is 0 Å². The van der Waals surface area contributed by atoms with Gasteiger partial charge in [-0.25, -0.2) is 10.5 Å². The fourth-order valence-electron chi connectivity index (χ4n) is 0. The summed E-state index contributed by atoms with van der Waals surface area (Å²) in [5.41, 5.74) is 0. The van der Waals surface area contributed by atoms with E-state index in [1.54, 1.807) is 0 Å². The summed E-state index contributed by atoms with van der Waals surface area (Å²) in [5, 5.41) is 14.2. The van der Waals surface area contributed by atoms with Crippen LogP contribution in [0.3, 0.4) is 0 Å². The minimum atomic E-state index is 0. The van der Waals surface area contributed by atoms with Gasteiger partial charge in [-0.05, 0) is 11.9 Å². The van der Waals surface area contributed by atoms with E-state index in [4.69, 9.17) is 10.5 Å². The average molecular weight is 97.7 g/mol. The zero-order valence-corrected chi connectivity index (χ0v) is 6.05. The maximum atomic E-state index is 7.10. The third-order valence-corrected chi connectivity index (χ3v) is 0. The van der Waals surface area contributed by atoms with Crippen molar-refractivity contribution in [2.75, 3.05) is 0 Å². The summed E-state index contributed by atoms with van der Waals surface area (Å²) in [4.78, 5) is 0. The molecule has 0 bridgehead atoms. The summed E-state index contributed by atoms with van der Waals surface area (Å²) >= 11 is 0. The first-order valence-electron chi connectivity index (χ1n) is 1.02. The number of hydrogen-bond donors (Lipinski definition) is 0. The Hall–Kier alpha value is 0.110. The van der Waals surface area contributed by atoms with E-state index < -0.39 is 0 Å². The fourth-order valence-corrected chi connectivity index (χ4v) is 0. The van der Waals surface area contributed by atoms with Gasteiger partial charge in [0.15, 0.2) is 0 Å². The van der Waals surface area contributed by atoms with Crippen LogP contribution in [-0.2, 0) is 0 Å². The molecule has 0 aliphatic heterocycles. The van der Waals surface area contributed by atoms with E-state index in [0.717, 1.165) is 0 Å². The molecule has 7 heavy (non-hydrogen) atoms. The van der Waals surface area contributed by atoms with Crippen LogP contribution in [0.15, 0.2) is 0 Å². The Bertz CT molecular complexity index is 73.0. The van der Waals surface area contributed by atoms with Gasteiger partial charge in [-0.2, -0.15) is 0 Å². The van der Waals surface area contributed by atoms with Gasteiger partial charge < -0.3 is 1.43 Å². The standard InChI is InChI=1S/2CBN.Na.H/c2*2-1-3;;/q;;+1;-1. The molecule has 0 fully saturated rings. The molecule has 0 aliphatic rings. The minimum Gasteiger partial charge on any atom is -1.00 e. The molecule has 0 N–H and O–H groups in total. The molecule has 4 radical (unpaired) electrons. The zero-order chi connectivity index (χ0) is 5.41. The van der Waals surface area contributed by atoms with E-state index in [1.165, 1.54) is 11.9 Å². The van der Waals surface area contributed by atoms with Crippen molar-refractivity contribution in [3.63, 3.8) is 0 Å². The number of nitriles is 2. The molecule has 0 atom stereocenters. The van der Waals surface area contributed by atoms with Crippen molar-refractivity contribution < 1.29 is 31.0 Å². The van der Waals surface area contributed by atoms with Crippen molar-refractivity contribution in [1.82, 2.24) is 0 Å². The predicted molar refractivity (Wildman–Crippen MR) is 23.8 cm³/mol. The second kappa shape index (κ2) is 35.8. The topological polar surface area (TPSA) is 47.6 Å². The Labute approximate surface area is 69.1 Å². The fraction of sp³-hybridized carbons (Fsp3) is 0. The van der Waals surface area contributed by atoms with Crippen molar-refractivity contribution in [3.8, 4) is 11.9 Å². The quantitative estimate of drug-likeness (QED) is 0.293. The van der Waals surface area contributed by atoms with Crippen molar-refractivity contribution in [1.29, 1.82) is 10.5 Å². The zero-order valence-electron chi connectivity index (χ0n) is 5.05. The molecule has 0 aromatic rings. The third-order valence-electron chi connectivity index (χ3n) is 0. The van der Waals surface area contributed by atoms with E-state index in [1.807, 2.05) is 0 Å². The predicted octanol–water partition coefficient (Wildman–Crippen LogP) is -3.61. The van der Waals surface area contributed by atoms with Crippen LogP contribution in [0.2, 0.25) is 0 Å². The molecule has 0 aliphatic carbocycles. The Morgan fingerprint density at radius 3 is 1.14 bits per heavy atom. The van der Waals surface area contributed by atoms with Gasteiger partial charge in [0.1, 0.15) is 0 Å². The molecule has 0 saturated carbocycles. The van der Waals surface area contributed by atoms with Gasteiger partial charge in [-0.15, -0.1) is 0 Å². The van der Waals surface area contributed by atoms with E-state index in [9.17, 15) is 0 Å². The van der Waals surface area contributed by atoms with Crippen LogP contribution in [0, 0.1) is 22.5 Å². The number of rotatable bonds is 0. The van der Waals surface area contributed by atoms with Gasteiger partial charge in [0.2, 0.25) is 15.7 Å². The van der Waals surface area contributed by atoms with Crippen LogP contribution in [-0.4, -0.2) is 15.7 Å². The summed E-state index contributed by atoms with van der Waals surface area (Å²) in [7, 11) is 8.31. The second-order valence-corrected chi connectivity index (χ2v) is 0.258. The molecule has 0 spiro atoms. The first kappa shape index (κ1) is 15.7. The van der Waals surface area contributed by atoms with Gasteiger partial charge in [-0.1, -0.05) is 0 Å². The molecule has 0 heterocycles. The summed E-state index contributed by atoms with van der Waals surface area (Å²) < 4.78 is 0. The van der Waals surface area contributed by atoms with E-state index in [-0.39, 0.29) is 31.0 Å². The Morgan fingerprint density at radius 2 is 1.14 bits per heavy atom. The van der Waals surface area contributed by atoms with Crippen molar-refractivity contribution in [2.24, 2.45) is 0 Å². The molecule has 0 aromatic carbocycles. The van der Waals surface area contributed by atoms with Gasteiger partial charge in [0.05, 0.1) is 0 Å². The van der Waals surface area contributed by atoms with Crippen LogP contribution in [0.5, 0.6) is 0 Å². The molecule has 0 unspecified atom stereocenters. The van der Waals surface area contributed by atoms with Gasteiger partial charge in [0, 0.05) is 0 Å². The van der Waals surface area contributed by atoms with E-state index in [2.05, 4.69) is 15.7 Å².